The number of amides is 1. The molecule has 8 heteroatoms. The third kappa shape index (κ3) is 5.67. The Labute approximate surface area is 167 Å². The van der Waals surface area contributed by atoms with E-state index in [1.165, 1.54) is 22.9 Å². The molecule has 1 amide bonds. The standard InChI is InChI=1S/C19H29ClN2O4S/c1-4-22(5-2)27(24,25)18-12-15(10-11-16(18)20)21-19(23)13-26-17-9-7-6-8-14(17)3/h10-12,14,17H,4-9,13H2,1-3H3,(H,21,23). The van der Waals surface area contributed by atoms with E-state index in [0.29, 0.717) is 24.7 Å². The molecule has 1 N–H and O–H groups in total. The van der Waals surface area contributed by atoms with Crippen molar-refractivity contribution in [3.8, 4) is 0 Å². The molecule has 0 saturated heterocycles. The number of benzene rings is 1. The van der Waals surface area contributed by atoms with Crippen LogP contribution < -0.4 is 5.32 Å². The number of rotatable bonds is 8. The number of sulfonamides is 1. The van der Waals surface area contributed by atoms with Crippen molar-refractivity contribution < 1.29 is 17.9 Å². The Morgan fingerprint density at radius 3 is 2.56 bits per heavy atom. The summed E-state index contributed by atoms with van der Waals surface area (Å²) in [5, 5.41) is 2.84. The number of nitrogens with one attached hydrogen (secondary N) is 1. The molecule has 1 fully saturated rings. The molecular weight excluding hydrogens is 388 g/mol. The summed E-state index contributed by atoms with van der Waals surface area (Å²) in [5.74, 6) is 0.147. The third-order valence-corrected chi connectivity index (χ3v) is 7.53. The van der Waals surface area contributed by atoms with Gasteiger partial charge in [0.1, 0.15) is 11.5 Å². The summed E-state index contributed by atoms with van der Waals surface area (Å²) in [4.78, 5) is 12.2. The average Bonchev–Trinajstić information content (AvgIpc) is 2.63. The Bertz CT molecular complexity index is 750. The number of carbonyl (C=O) groups is 1. The molecule has 0 heterocycles. The van der Waals surface area contributed by atoms with Gasteiger partial charge in [-0.2, -0.15) is 4.31 Å². The summed E-state index contributed by atoms with van der Waals surface area (Å²) in [6, 6.07) is 4.47. The third-order valence-electron chi connectivity index (χ3n) is 5.00. The molecule has 1 aromatic rings. The van der Waals surface area contributed by atoms with Gasteiger partial charge >= 0.3 is 0 Å². The van der Waals surface area contributed by atoms with Crippen LogP contribution in [0.1, 0.15) is 46.5 Å². The highest BCUT2D eigenvalue weighted by atomic mass is 35.5. The Hall–Kier alpha value is -1.15. The quantitative estimate of drug-likeness (QED) is 0.697. The highest BCUT2D eigenvalue weighted by Crippen LogP contribution is 2.28. The van der Waals surface area contributed by atoms with Crippen LogP contribution in [0.4, 0.5) is 5.69 Å². The Morgan fingerprint density at radius 1 is 1.26 bits per heavy atom. The molecule has 1 saturated carbocycles. The first-order valence-electron chi connectivity index (χ1n) is 9.50. The van der Waals surface area contributed by atoms with Crippen molar-refractivity contribution in [3.05, 3.63) is 23.2 Å². The van der Waals surface area contributed by atoms with E-state index in [4.69, 9.17) is 16.3 Å². The van der Waals surface area contributed by atoms with E-state index in [2.05, 4.69) is 12.2 Å². The fourth-order valence-electron chi connectivity index (χ4n) is 3.39. The molecule has 0 radical (unpaired) electrons. The number of hydrogen-bond donors (Lipinski definition) is 1. The SMILES string of the molecule is CCN(CC)S(=O)(=O)c1cc(NC(=O)COC2CCCCC2C)ccc1Cl. The molecule has 2 rings (SSSR count). The number of hydrogen-bond acceptors (Lipinski definition) is 4. The minimum atomic E-state index is -3.71. The maximum absolute atomic E-state index is 12.7. The van der Waals surface area contributed by atoms with Crippen LogP contribution in [0.2, 0.25) is 5.02 Å². The summed E-state index contributed by atoms with van der Waals surface area (Å²) in [6.07, 6.45) is 4.54. The van der Waals surface area contributed by atoms with E-state index in [0.717, 1.165) is 19.3 Å². The van der Waals surface area contributed by atoms with Crippen LogP contribution in [-0.4, -0.2) is 44.4 Å². The number of ether oxygens (including phenoxy) is 1. The molecule has 2 unspecified atom stereocenters. The molecule has 0 bridgehead atoms. The maximum atomic E-state index is 12.7. The van der Waals surface area contributed by atoms with Crippen molar-refractivity contribution in [3.63, 3.8) is 0 Å². The summed E-state index contributed by atoms with van der Waals surface area (Å²) >= 11 is 6.11. The predicted molar refractivity (Wildman–Crippen MR) is 108 cm³/mol. The van der Waals surface area contributed by atoms with Crippen molar-refractivity contribution in [2.75, 3.05) is 25.0 Å². The summed E-state index contributed by atoms with van der Waals surface area (Å²) < 4.78 is 32.5. The first-order chi connectivity index (χ1) is 12.8. The molecule has 152 valence electrons. The van der Waals surface area contributed by atoms with Crippen molar-refractivity contribution in [1.29, 1.82) is 0 Å². The monoisotopic (exact) mass is 416 g/mol. The van der Waals surface area contributed by atoms with Gasteiger partial charge in [0.05, 0.1) is 11.1 Å². The second-order valence-electron chi connectivity index (χ2n) is 6.89. The highest BCUT2D eigenvalue weighted by Gasteiger charge is 2.25. The number of carbonyl (C=O) groups excluding carboxylic acids is 1. The lowest BCUT2D eigenvalue weighted by molar-refractivity contribution is -0.124. The van der Waals surface area contributed by atoms with Crippen LogP contribution in [0, 0.1) is 5.92 Å². The second-order valence-corrected chi connectivity index (χ2v) is 9.21. The van der Waals surface area contributed by atoms with E-state index in [9.17, 15) is 13.2 Å². The molecule has 0 aliphatic heterocycles. The zero-order chi connectivity index (χ0) is 20.0. The molecule has 2 atom stereocenters. The van der Waals surface area contributed by atoms with Gasteiger partial charge in [0.2, 0.25) is 15.9 Å². The van der Waals surface area contributed by atoms with Gasteiger partial charge in [-0.3, -0.25) is 4.79 Å². The minimum absolute atomic E-state index is 0.00696. The van der Waals surface area contributed by atoms with Crippen LogP contribution in [0.5, 0.6) is 0 Å². The topological polar surface area (TPSA) is 75.7 Å². The van der Waals surface area contributed by atoms with Crippen molar-refractivity contribution in [1.82, 2.24) is 4.31 Å². The lowest BCUT2D eigenvalue weighted by atomic mass is 9.88. The Balaban J connectivity index is 2.05. The highest BCUT2D eigenvalue weighted by molar-refractivity contribution is 7.89. The Kier molecular flexibility index (Phi) is 8.09. The zero-order valence-electron chi connectivity index (χ0n) is 16.2. The van der Waals surface area contributed by atoms with Crippen LogP contribution in [0.3, 0.4) is 0 Å². The average molecular weight is 417 g/mol. The van der Waals surface area contributed by atoms with Crippen molar-refractivity contribution in [2.24, 2.45) is 5.92 Å². The van der Waals surface area contributed by atoms with Crippen LogP contribution in [0.15, 0.2) is 23.1 Å². The number of halogens is 1. The number of nitrogens with zero attached hydrogens (tertiary/aromatic N) is 1. The number of anilines is 1. The van der Waals surface area contributed by atoms with Gasteiger partial charge in [0.25, 0.3) is 0 Å². The maximum Gasteiger partial charge on any atom is 0.250 e. The lowest BCUT2D eigenvalue weighted by Crippen LogP contribution is -2.31. The van der Waals surface area contributed by atoms with Gasteiger partial charge in [0, 0.05) is 18.8 Å². The van der Waals surface area contributed by atoms with Crippen molar-refractivity contribution in [2.45, 2.75) is 57.5 Å². The largest absolute Gasteiger partial charge is 0.368 e. The fraction of sp³-hybridized carbons (Fsp3) is 0.632. The van der Waals surface area contributed by atoms with E-state index < -0.39 is 10.0 Å². The van der Waals surface area contributed by atoms with Crippen LogP contribution >= 0.6 is 11.6 Å². The molecule has 6 nitrogen and oxygen atoms in total. The van der Waals surface area contributed by atoms with Crippen LogP contribution in [-0.2, 0) is 19.6 Å². The Morgan fingerprint density at radius 2 is 1.93 bits per heavy atom. The van der Waals surface area contributed by atoms with Gasteiger partial charge in [0.15, 0.2) is 0 Å². The smallest absolute Gasteiger partial charge is 0.250 e. The lowest BCUT2D eigenvalue weighted by Gasteiger charge is -2.28. The first-order valence-corrected chi connectivity index (χ1v) is 11.3. The van der Waals surface area contributed by atoms with Crippen molar-refractivity contribution >= 4 is 33.2 Å². The summed E-state index contributed by atoms with van der Waals surface area (Å²) in [5.41, 5.74) is 0.385. The van der Waals surface area contributed by atoms with E-state index in [1.807, 2.05) is 0 Å². The van der Waals surface area contributed by atoms with E-state index in [-0.39, 0.29) is 28.5 Å². The zero-order valence-corrected chi connectivity index (χ0v) is 17.8. The fourth-order valence-corrected chi connectivity index (χ4v) is 5.35. The normalized spacial score (nSPS) is 20.6. The summed E-state index contributed by atoms with van der Waals surface area (Å²) in [7, 11) is -3.71. The molecule has 1 aliphatic rings. The van der Waals surface area contributed by atoms with E-state index in [1.54, 1.807) is 19.9 Å². The molecule has 0 spiro atoms. The predicted octanol–water partition coefficient (Wildman–Crippen LogP) is 3.90. The summed E-state index contributed by atoms with van der Waals surface area (Å²) in [6.45, 7) is 6.33. The van der Waals surface area contributed by atoms with E-state index >= 15 is 0 Å². The molecular formula is C19H29ClN2O4S. The van der Waals surface area contributed by atoms with Gasteiger partial charge in [-0.1, -0.05) is 45.2 Å². The van der Waals surface area contributed by atoms with Crippen LogP contribution in [0.25, 0.3) is 0 Å². The van der Waals surface area contributed by atoms with Gasteiger partial charge in [-0.15, -0.1) is 0 Å². The van der Waals surface area contributed by atoms with Gasteiger partial charge in [-0.05, 0) is 37.0 Å². The molecule has 1 aromatic carbocycles. The molecule has 27 heavy (non-hydrogen) atoms. The van der Waals surface area contributed by atoms with Gasteiger partial charge < -0.3 is 10.1 Å². The minimum Gasteiger partial charge on any atom is -0.368 e. The molecule has 1 aliphatic carbocycles. The molecule has 0 aromatic heterocycles. The van der Waals surface area contributed by atoms with Gasteiger partial charge in [-0.25, -0.2) is 8.42 Å². The second kappa shape index (κ2) is 9.87. The first kappa shape index (κ1) is 22.1.